The van der Waals surface area contributed by atoms with Crippen LogP contribution in [-0.4, -0.2) is 35.0 Å². The number of hydrogen-bond acceptors (Lipinski definition) is 4. The normalized spacial score (nSPS) is 45.5. The minimum atomic E-state index is -0.930. The summed E-state index contributed by atoms with van der Waals surface area (Å²) < 4.78 is 4.96. The molecular weight excluding hydrogens is 184 g/mol. The lowest BCUT2D eigenvalue weighted by Crippen LogP contribution is -2.45. The molecule has 4 nitrogen and oxygen atoms in total. The van der Waals surface area contributed by atoms with Crippen molar-refractivity contribution in [3.8, 4) is 0 Å². The van der Waals surface area contributed by atoms with Gasteiger partial charge < -0.3 is 14.9 Å². The van der Waals surface area contributed by atoms with Crippen LogP contribution >= 0.6 is 0 Å². The summed E-state index contributed by atoms with van der Waals surface area (Å²) in [7, 11) is 0. The number of esters is 1. The van der Waals surface area contributed by atoms with Gasteiger partial charge in [0.1, 0.15) is 0 Å². The molecule has 0 aliphatic heterocycles. The molecule has 2 N–H and O–H groups in total. The largest absolute Gasteiger partial charge is 0.465 e. The van der Waals surface area contributed by atoms with E-state index in [1.54, 1.807) is 6.92 Å². The van der Waals surface area contributed by atoms with E-state index < -0.39 is 17.6 Å². The van der Waals surface area contributed by atoms with Crippen LogP contribution in [0, 0.1) is 11.3 Å². The lowest BCUT2D eigenvalue weighted by Gasteiger charge is -2.31. The zero-order chi connectivity index (χ0) is 10.3. The second kappa shape index (κ2) is 3.21. The predicted octanol–water partition coefficient (Wildman–Crippen LogP) is 0.0714. The van der Waals surface area contributed by atoms with Gasteiger partial charge in [0.15, 0.2) is 0 Å². The minimum Gasteiger partial charge on any atom is -0.465 e. The SMILES string of the molecule is CCOC(=O)C12CCC(C1)C(O)C2O. The molecule has 2 aliphatic carbocycles. The van der Waals surface area contributed by atoms with E-state index in [1.807, 2.05) is 0 Å². The van der Waals surface area contributed by atoms with Crippen LogP contribution in [0.3, 0.4) is 0 Å². The zero-order valence-corrected chi connectivity index (χ0v) is 8.27. The van der Waals surface area contributed by atoms with Gasteiger partial charge in [-0.05, 0) is 32.1 Å². The lowest BCUT2D eigenvalue weighted by atomic mass is 9.81. The van der Waals surface area contributed by atoms with Crippen LogP contribution in [0.2, 0.25) is 0 Å². The fraction of sp³-hybridized carbons (Fsp3) is 0.900. The van der Waals surface area contributed by atoms with Crippen LogP contribution in [0.1, 0.15) is 26.2 Å². The zero-order valence-electron chi connectivity index (χ0n) is 8.27. The number of hydrogen-bond donors (Lipinski definition) is 2. The van der Waals surface area contributed by atoms with E-state index in [1.165, 1.54) is 0 Å². The number of rotatable bonds is 2. The van der Waals surface area contributed by atoms with Crippen molar-refractivity contribution in [3.63, 3.8) is 0 Å². The van der Waals surface area contributed by atoms with Crippen LogP contribution in [0.15, 0.2) is 0 Å². The molecule has 2 rings (SSSR count). The van der Waals surface area contributed by atoms with Gasteiger partial charge in [-0.2, -0.15) is 0 Å². The van der Waals surface area contributed by atoms with Crippen molar-refractivity contribution >= 4 is 5.97 Å². The Morgan fingerprint density at radius 3 is 2.79 bits per heavy atom. The third-order valence-electron chi connectivity index (χ3n) is 3.64. The summed E-state index contributed by atoms with van der Waals surface area (Å²) >= 11 is 0. The molecule has 0 spiro atoms. The molecule has 0 saturated heterocycles. The number of aliphatic hydroxyl groups excluding tert-OH is 2. The van der Waals surface area contributed by atoms with Gasteiger partial charge in [-0.3, -0.25) is 4.79 Å². The minimum absolute atomic E-state index is 0.0782. The van der Waals surface area contributed by atoms with Crippen LogP contribution in [0.25, 0.3) is 0 Å². The summed E-state index contributed by atoms with van der Waals surface area (Å²) in [5, 5.41) is 19.4. The molecule has 0 radical (unpaired) electrons. The Hall–Kier alpha value is -0.610. The Kier molecular flexibility index (Phi) is 2.27. The molecular formula is C10H16O4. The number of ether oxygens (including phenoxy) is 1. The number of fused-ring (bicyclic) bond motifs is 2. The standard InChI is InChI=1S/C10H16O4/c1-2-14-9(13)10-4-3-6(5-10)7(11)8(10)12/h6-8,11-12H,2-5H2,1H3. The molecule has 4 atom stereocenters. The number of carbonyl (C=O) groups excluding carboxylic acids is 1. The van der Waals surface area contributed by atoms with Crippen LogP contribution in [-0.2, 0) is 9.53 Å². The Labute approximate surface area is 82.9 Å². The van der Waals surface area contributed by atoms with Crippen LogP contribution in [0.5, 0.6) is 0 Å². The topological polar surface area (TPSA) is 66.8 Å². The van der Waals surface area contributed by atoms with Crippen molar-refractivity contribution in [1.29, 1.82) is 0 Å². The molecule has 0 aromatic rings. The van der Waals surface area contributed by atoms with Gasteiger partial charge in [0.2, 0.25) is 0 Å². The monoisotopic (exact) mass is 200 g/mol. The lowest BCUT2D eigenvalue weighted by molar-refractivity contribution is -0.165. The molecule has 0 aromatic carbocycles. The molecule has 2 saturated carbocycles. The molecule has 0 heterocycles. The van der Waals surface area contributed by atoms with Crippen molar-refractivity contribution in [2.45, 2.75) is 38.4 Å². The van der Waals surface area contributed by atoms with Crippen molar-refractivity contribution in [1.82, 2.24) is 0 Å². The highest BCUT2D eigenvalue weighted by Gasteiger charge is 2.62. The van der Waals surface area contributed by atoms with E-state index in [0.29, 0.717) is 19.4 Å². The first-order valence-corrected chi connectivity index (χ1v) is 5.15. The van der Waals surface area contributed by atoms with Gasteiger partial charge in [-0.25, -0.2) is 0 Å². The molecule has 2 aliphatic rings. The summed E-state index contributed by atoms with van der Waals surface area (Å²) in [6, 6.07) is 0. The summed E-state index contributed by atoms with van der Waals surface area (Å²) in [4.78, 5) is 11.7. The van der Waals surface area contributed by atoms with Crippen molar-refractivity contribution < 1.29 is 19.7 Å². The average molecular weight is 200 g/mol. The fourth-order valence-corrected chi connectivity index (χ4v) is 2.84. The van der Waals surface area contributed by atoms with Crippen molar-refractivity contribution in [2.75, 3.05) is 6.61 Å². The molecule has 4 heteroatoms. The van der Waals surface area contributed by atoms with Crippen molar-refractivity contribution in [3.05, 3.63) is 0 Å². The summed E-state index contributed by atoms with van der Waals surface area (Å²) in [6.45, 7) is 2.08. The molecule has 2 bridgehead atoms. The first-order chi connectivity index (χ1) is 6.62. The van der Waals surface area contributed by atoms with Gasteiger partial charge in [0.25, 0.3) is 0 Å². The van der Waals surface area contributed by atoms with Crippen LogP contribution in [0.4, 0.5) is 0 Å². The maximum absolute atomic E-state index is 11.7. The second-order valence-corrected chi connectivity index (χ2v) is 4.31. The van der Waals surface area contributed by atoms with Gasteiger partial charge in [-0.15, -0.1) is 0 Å². The van der Waals surface area contributed by atoms with E-state index in [-0.39, 0.29) is 11.9 Å². The summed E-state index contributed by atoms with van der Waals surface area (Å²) in [6.07, 6.45) is 0.369. The maximum Gasteiger partial charge on any atom is 0.314 e. The highest BCUT2D eigenvalue weighted by molar-refractivity contribution is 5.79. The summed E-state index contributed by atoms with van der Waals surface area (Å²) in [5.41, 5.74) is -0.805. The average Bonchev–Trinajstić information content (AvgIpc) is 2.69. The Morgan fingerprint density at radius 2 is 2.29 bits per heavy atom. The van der Waals surface area contributed by atoms with E-state index in [9.17, 15) is 15.0 Å². The van der Waals surface area contributed by atoms with E-state index in [4.69, 9.17) is 4.74 Å². The van der Waals surface area contributed by atoms with E-state index in [0.717, 1.165) is 6.42 Å². The molecule has 4 unspecified atom stereocenters. The number of carbonyl (C=O) groups is 1. The maximum atomic E-state index is 11.7. The molecule has 0 amide bonds. The van der Waals surface area contributed by atoms with Crippen LogP contribution < -0.4 is 0 Å². The smallest absolute Gasteiger partial charge is 0.314 e. The van der Waals surface area contributed by atoms with Crippen molar-refractivity contribution in [2.24, 2.45) is 11.3 Å². The quantitative estimate of drug-likeness (QED) is 0.619. The van der Waals surface area contributed by atoms with E-state index >= 15 is 0 Å². The highest BCUT2D eigenvalue weighted by Crippen LogP contribution is 2.54. The second-order valence-electron chi connectivity index (χ2n) is 4.31. The van der Waals surface area contributed by atoms with E-state index in [2.05, 4.69) is 0 Å². The highest BCUT2D eigenvalue weighted by atomic mass is 16.5. The third-order valence-corrected chi connectivity index (χ3v) is 3.64. The first kappa shape index (κ1) is 9.93. The fourth-order valence-electron chi connectivity index (χ4n) is 2.84. The Balaban J connectivity index is 2.19. The Bertz CT molecular complexity index is 253. The van der Waals surface area contributed by atoms with Gasteiger partial charge in [0.05, 0.1) is 24.2 Å². The molecule has 14 heavy (non-hydrogen) atoms. The molecule has 2 fully saturated rings. The predicted molar refractivity (Wildman–Crippen MR) is 48.4 cm³/mol. The molecule has 80 valence electrons. The first-order valence-electron chi connectivity index (χ1n) is 5.15. The Morgan fingerprint density at radius 1 is 1.57 bits per heavy atom. The van der Waals surface area contributed by atoms with Gasteiger partial charge >= 0.3 is 5.97 Å². The van der Waals surface area contributed by atoms with Gasteiger partial charge in [0, 0.05) is 0 Å². The number of aliphatic hydroxyl groups is 2. The third kappa shape index (κ3) is 1.10. The molecule has 0 aromatic heterocycles. The summed E-state index contributed by atoms with van der Waals surface area (Å²) in [5.74, 6) is -0.263. The van der Waals surface area contributed by atoms with Gasteiger partial charge in [-0.1, -0.05) is 0 Å².